The summed E-state index contributed by atoms with van der Waals surface area (Å²) in [5.74, 6) is 0. The standard InChI is InChI=1S/C6H14O2.C3H8O/c1-2-3-4-6(8)5-7;1-2-3-4/h6-8H,2-5H2,1H3;4H,2-3H2,1H3. The summed E-state index contributed by atoms with van der Waals surface area (Å²) in [6.07, 6.45) is 3.20. The van der Waals surface area contributed by atoms with Crippen molar-refractivity contribution < 1.29 is 15.3 Å². The summed E-state index contributed by atoms with van der Waals surface area (Å²) in [7, 11) is 0. The number of aliphatic hydroxyl groups excluding tert-OH is 3. The van der Waals surface area contributed by atoms with Crippen molar-refractivity contribution in [2.75, 3.05) is 13.2 Å². The average Bonchev–Trinajstić information content (AvgIpc) is 2.14. The first-order valence-electron chi connectivity index (χ1n) is 4.62. The fourth-order valence-corrected chi connectivity index (χ4v) is 0.531. The lowest BCUT2D eigenvalue weighted by atomic mass is 10.2. The second kappa shape index (κ2) is 13.5. The minimum absolute atomic E-state index is 0.0972. The second-order valence-electron chi connectivity index (χ2n) is 2.70. The molecule has 3 nitrogen and oxygen atoms in total. The van der Waals surface area contributed by atoms with Gasteiger partial charge in [-0.15, -0.1) is 0 Å². The van der Waals surface area contributed by atoms with Crippen molar-refractivity contribution in [3.8, 4) is 0 Å². The van der Waals surface area contributed by atoms with E-state index in [1.54, 1.807) is 0 Å². The third-order valence-electron chi connectivity index (χ3n) is 1.33. The SMILES string of the molecule is CCCCC(O)CO.CCCO. The maximum atomic E-state index is 8.74. The van der Waals surface area contributed by atoms with Crippen LogP contribution < -0.4 is 0 Å². The molecule has 3 heteroatoms. The molecule has 0 heterocycles. The normalized spacial score (nSPS) is 11.8. The van der Waals surface area contributed by atoms with Crippen molar-refractivity contribution in [1.82, 2.24) is 0 Å². The first-order valence-corrected chi connectivity index (χ1v) is 4.62. The van der Waals surface area contributed by atoms with Gasteiger partial charge in [0.05, 0.1) is 12.7 Å². The number of hydrogen-bond acceptors (Lipinski definition) is 3. The van der Waals surface area contributed by atoms with Crippen LogP contribution in [0.4, 0.5) is 0 Å². The molecule has 1 unspecified atom stereocenters. The monoisotopic (exact) mass is 178 g/mol. The van der Waals surface area contributed by atoms with Crippen molar-refractivity contribution in [1.29, 1.82) is 0 Å². The van der Waals surface area contributed by atoms with Gasteiger partial charge in [0.2, 0.25) is 0 Å². The van der Waals surface area contributed by atoms with E-state index in [-0.39, 0.29) is 6.61 Å². The van der Waals surface area contributed by atoms with Crippen molar-refractivity contribution >= 4 is 0 Å². The lowest BCUT2D eigenvalue weighted by molar-refractivity contribution is 0.0865. The van der Waals surface area contributed by atoms with Crippen LogP contribution in [0, 0.1) is 0 Å². The molecule has 0 aliphatic rings. The Morgan fingerprint density at radius 1 is 1.08 bits per heavy atom. The Bertz CT molecular complexity index is 64.8. The van der Waals surface area contributed by atoms with Gasteiger partial charge in [0.1, 0.15) is 0 Å². The van der Waals surface area contributed by atoms with E-state index in [1.807, 2.05) is 6.92 Å². The predicted octanol–water partition coefficient (Wildman–Crippen LogP) is 0.918. The van der Waals surface area contributed by atoms with E-state index < -0.39 is 6.10 Å². The third-order valence-corrected chi connectivity index (χ3v) is 1.33. The van der Waals surface area contributed by atoms with Gasteiger partial charge in [-0.2, -0.15) is 0 Å². The molecule has 0 aliphatic carbocycles. The van der Waals surface area contributed by atoms with Crippen molar-refractivity contribution in [2.24, 2.45) is 0 Å². The molecule has 0 aromatic rings. The average molecular weight is 178 g/mol. The highest BCUT2D eigenvalue weighted by molar-refractivity contribution is 4.50. The van der Waals surface area contributed by atoms with Crippen LogP contribution in [0.2, 0.25) is 0 Å². The molecular formula is C9H22O3. The zero-order chi connectivity index (χ0) is 9.82. The van der Waals surface area contributed by atoms with Gasteiger partial charge in [0.25, 0.3) is 0 Å². The number of rotatable bonds is 5. The number of aliphatic hydroxyl groups is 3. The van der Waals surface area contributed by atoms with Gasteiger partial charge in [-0.05, 0) is 12.8 Å². The summed E-state index contributed by atoms with van der Waals surface area (Å²) in [5, 5.41) is 24.9. The highest BCUT2D eigenvalue weighted by Gasteiger charge is 1.97. The molecule has 0 fully saturated rings. The summed E-state index contributed by atoms with van der Waals surface area (Å²) in [6, 6.07) is 0. The third kappa shape index (κ3) is 16.5. The van der Waals surface area contributed by atoms with Crippen molar-refractivity contribution in [3.05, 3.63) is 0 Å². The Kier molecular flexibility index (Phi) is 16.2. The summed E-state index contributed by atoms with van der Waals surface area (Å²) >= 11 is 0. The molecule has 0 spiro atoms. The summed E-state index contributed by atoms with van der Waals surface area (Å²) < 4.78 is 0. The summed E-state index contributed by atoms with van der Waals surface area (Å²) in [4.78, 5) is 0. The van der Waals surface area contributed by atoms with E-state index >= 15 is 0 Å². The molecule has 76 valence electrons. The molecule has 0 aromatic heterocycles. The van der Waals surface area contributed by atoms with Gasteiger partial charge in [-0.25, -0.2) is 0 Å². The maximum absolute atomic E-state index is 8.74. The minimum atomic E-state index is -0.491. The summed E-state index contributed by atoms with van der Waals surface area (Å²) in [6.45, 7) is 4.21. The number of hydrogen-bond donors (Lipinski definition) is 3. The van der Waals surface area contributed by atoms with Gasteiger partial charge in [-0.3, -0.25) is 0 Å². The fourth-order valence-electron chi connectivity index (χ4n) is 0.531. The molecule has 0 rings (SSSR count). The Balaban J connectivity index is 0. The zero-order valence-electron chi connectivity index (χ0n) is 8.16. The molecule has 0 saturated heterocycles. The molecular weight excluding hydrogens is 156 g/mol. The minimum Gasteiger partial charge on any atom is -0.396 e. The summed E-state index contributed by atoms with van der Waals surface area (Å²) in [5.41, 5.74) is 0. The van der Waals surface area contributed by atoms with Gasteiger partial charge >= 0.3 is 0 Å². The van der Waals surface area contributed by atoms with Crippen LogP contribution in [0.1, 0.15) is 39.5 Å². The lowest BCUT2D eigenvalue weighted by Gasteiger charge is -2.02. The first kappa shape index (κ1) is 14.4. The molecule has 0 radical (unpaired) electrons. The van der Waals surface area contributed by atoms with Crippen LogP contribution in [0.3, 0.4) is 0 Å². The first-order chi connectivity index (χ1) is 5.72. The smallest absolute Gasteiger partial charge is 0.0770 e. The molecule has 1 atom stereocenters. The lowest BCUT2D eigenvalue weighted by Crippen LogP contribution is -2.10. The van der Waals surface area contributed by atoms with E-state index in [4.69, 9.17) is 15.3 Å². The number of unbranched alkanes of at least 4 members (excludes halogenated alkanes) is 1. The highest BCUT2D eigenvalue weighted by atomic mass is 16.3. The van der Waals surface area contributed by atoms with E-state index in [1.165, 1.54) is 0 Å². The zero-order valence-corrected chi connectivity index (χ0v) is 8.16. The Hall–Kier alpha value is -0.120. The second-order valence-corrected chi connectivity index (χ2v) is 2.70. The predicted molar refractivity (Wildman–Crippen MR) is 50.0 cm³/mol. The molecule has 12 heavy (non-hydrogen) atoms. The highest BCUT2D eigenvalue weighted by Crippen LogP contribution is 1.97. The molecule has 0 saturated carbocycles. The molecule has 0 aromatic carbocycles. The Morgan fingerprint density at radius 2 is 1.58 bits per heavy atom. The van der Waals surface area contributed by atoms with Crippen LogP contribution >= 0.6 is 0 Å². The molecule has 0 amide bonds. The van der Waals surface area contributed by atoms with Gasteiger partial charge in [-0.1, -0.05) is 26.7 Å². The van der Waals surface area contributed by atoms with E-state index in [9.17, 15) is 0 Å². The largest absolute Gasteiger partial charge is 0.396 e. The van der Waals surface area contributed by atoms with Gasteiger partial charge in [0, 0.05) is 6.61 Å². The fraction of sp³-hybridized carbons (Fsp3) is 1.00. The van der Waals surface area contributed by atoms with Crippen LogP contribution in [0.5, 0.6) is 0 Å². The van der Waals surface area contributed by atoms with E-state index in [0.29, 0.717) is 6.61 Å². The van der Waals surface area contributed by atoms with Crippen LogP contribution in [-0.2, 0) is 0 Å². The van der Waals surface area contributed by atoms with Gasteiger partial charge in [0.15, 0.2) is 0 Å². The Morgan fingerprint density at radius 3 is 1.83 bits per heavy atom. The molecule has 3 N–H and O–H groups in total. The van der Waals surface area contributed by atoms with E-state index in [2.05, 4.69) is 6.92 Å². The van der Waals surface area contributed by atoms with Crippen LogP contribution in [0.15, 0.2) is 0 Å². The van der Waals surface area contributed by atoms with Crippen LogP contribution in [0.25, 0.3) is 0 Å². The van der Waals surface area contributed by atoms with Crippen LogP contribution in [-0.4, -0.2) is 34.6 Å². The molecule has 0 aliphatic heterocycles. The van der Waals surface area contributed by atoms with Crippen molar-refractivity contribution in [2.45, 2.75) is 45.6 Å². The Labute approximate surface area is 75.0 Å². The van der Waals surface area contributed by atoms with Gasteiger partial charge < -0.3 is 15.3 Å². The molecule has 0 bridgehead atoms. The quantitative estimate of drug-likeness (QED) is 0.586. The topological polar surface area (TPSA) is 60.7 Å². The van der Waals surface area contributed by atoms with Crippen molar-refractivity contribution in [3.63, 3.8) is 0 Å². The maximum Gasteiger partial charge on any atom is 0.0770 e. The van der Waals surface area contributed by atoms with E-state index in [0.717, 1.165) is 25.7 Å².